The third kappa shape index (κ3) is 7.09. The van der Waals surface area contributed by atoms with E-state index < -0.39 is 6.60 Å². The van der Waals surface area contributed by atoms with Gasteiger partial charge in [0.1, 0.15) is 0 Å². The van der Waals surface area contributed by atoms with E-state index in [0.29, 0.717) is 0 Å². The zero-order valence-electron chi connectivity index (χ0n) is 29.0. The Hall–Kier alpha value is -4.25. The van der Waals surface area contributed by atoms with Crippen molar-refractivity contribution in [2.75, 3.05) is 19.0 Å². The molecule has 0 aliphatic rings. The standard InChI is InChI=1S/C45H51P/c1-10-13-15-20-36(7)43-33-40(38-28-25-35(6)26-29-38)30-32-45(43)46(9,11-2,12-3)44-24-19-18-23-42(44)37(8)27-31-41(34(4)5)39-21-16-14-17-22-39/h10,13-33H,7-8,11-12H2,1-6,9H3/b13-10-,20-15-,31-27-. The summed E-state index contributed by atoms with van der Waals surface area (Å²) in [5.74, 6) is 0. The molecule has 46 heavy (non-hydrogen) atoms. The van der Waals surface area contributed by atoms with E-state index in [1.165, 1.54) is 55.1 Å². The molecule has 0 atom stereocenters. The van der Waals surface area contributed by atoms with Crippen molar-refractivity contribution >= 4 is 33.9 Å². The molecule has 0 radical (unpaired) electrons. The number of benzene rings is 4. The van der Waals surface area contributed by atoms with E-state index >= 15 is 0 Å². The fourth-order valence-corrected chi connectivity index (χ4v) is 11.4. The Morgan fingerprint density at radius 3 is 1.87 bits per heavy atom. The summed E-state index contributed by atoms with van der Waals surface area (Å²) in [7, 11) is 0. The molecular formula is C45H51P. The van der Waals surface area contributed by atoms with Crippen molar-refractivity contribution in [1.29, 1.82) is 0 Å². The molecule has 0 bridgehead atoms. The van der Waals surface area contributed by atoms with Crippen molar-refractivity contribution in [2.24, 2.45) is 0 Å². The molecule has 0 N–H and O–H groups in total. The van der Waals surface area contributed by atoms with Gasteiger partial charge in [0, 0.05) is 0 Å². The van der Waals surface area contributed by atoms with Gasteiger partial charge in [0.25, 0.3) is 0 Å². The van der Waals surface area contributed by atoms with Gasteiger partial charge >= 0.3 is 280 Å². The Bertz CT molecular complexity index is 1820. The van der Waals surface area contributed by atoms with E-state index in [2.05, 4.69) is 188 Å². The fourth-order valence-electron chi connectivity index (χ4n) is 6.45. The first-order valence-electron chi connectivity index (χ1n) is 16.5. The molecule has 0 amide bonds. The van der Waals surface area contributed by atoms with Crippen LogP contribution in [0.2, 0.25) is 0 Å². The summed E-state index contributed by atoms with van der Waals surface area (Å²) in [5, 5.41) is 2.83. The topological polar surface area (TPSA) is 0 Å². The van der Waals surface area contributed by atoms with E-state index in [9.17, 15) is 0 Å². The third-order valence-corrected chi connectivity index (χ3v) is 16.8. The van der Waals surface area contributed by atoms with Gasteiger partial charge in [-0.05, 0) is 0 Å². The van der Waals surface area contributed by atoms with Crippen LogP contribution >= 0.6 is 6.60 Å². The van der Waals surface area contributed by atoms with Crippen molar-refractivity contribution in [3.05, 3.63) is 175 Å². The van der Waals surface area contributed by atoms with Crippen LogP contribution in [0.25, 0.3) is 27.8 Å². The summed E-state index contributed by atoms with van der Waals surface area (Å²) < 4.78 is 0. The van der Waals surface area contributed by atoms with Gasteiger partial charge in [-0.15, -0.1) is 0 Å². The van der Waals surface area contributed by atoms with Crippen molar-refractivity contribution in [1.82, 2.24) is 0 Å². The fraction of sp³-hybridized carbons (Fsp3) is 0.200. The predicted octanol–water partition coefficient (Wildman–Crippen LogP) is 12.0. The molecular weight excluding hydrogens is 571 g/mol. The predicted molar refractivity (Wildman–Crippen MR) is 212 cm³/mol. The van der Waals surface area contributed by atoms with Crippen LogP contribution < -0.4 is 10.6 Å². The first kappa shape index (κ1) is 34.6. The Morgan fingerprint density at radius 1 is 0.652 bits per heavy atom. The normalized spacial score (nSPS) is 12.8. The summed E-state index contributed by atoms with van der Waals surface area (Å²) in [6.07, 6.45) is 14.9. The summed E-state index contributed by atoms with van der Waals surface area (Å²) >= 11 is 0. The Labute approximate surface area is 279 Å². The Kier molecular flexibility index (Phi) is 11.2. The molecule has 0 saturated carbocycles. The zero-order chi connectivity index (χ0) is 33.3. The molecule has 0 saturated heterocycles. The molecule has 0 aliphatic carbocycles. The molecule has 0 heterocycles. The zero-order valence-corrected chi connectivity index (χ0v) is 29.9. The van der Waals surface area contributed by atoms with Crippen molar-refractivity contribution in [3.8, 4) is 11.1 Å². The van der Waals surface area contributed by atoms with Crippen LogP contribution in [0.3, 0.4) is 0 Å². The minimum atomic E-state index is -2.77. The SMILES string of the molecule is C=C(/C=C\C(=C(C)C)c1ccccc1)c1ccccc1P(C)(CC)(CC)c1ccc(-c2ccc(C)cc2)cc1C(=C)/C=C\C=C/C. The van der Waals surface area contributed by atoms with Crippen LogP contribution in [0.1, 0.15) is 56.9 Å². The van der Waals surface area contributed by atoms with Gasteiger partial charge in [-0.25, -0.2) is 0 Å². The van der Waals surface area contributed by atoms with E-state index in [1.807, 2.05) is 6.92 Å². The molecule has 236 valence electrons. The quantitative estimate of drug-likeness (QED) is 0.109. The Morgan fingerprint density at radius 2 is 1.24 bits per heavy atom. The van der Waals surface area contributed by atoms with Crippen molar-refractivity contribution < 1.29 is 0 Å². The van der Waals surface area contributed by atoms with Crippen LogP contribution in [0, 0.1) is 6.92 Å². The average Bonchev–Trinajstić information content (AvgIpc) is 3.08. The van der Waals surface area contributed by atoms with E-state index in [1.54, 1.807) is 0 Å². The van der Waals surface area contributed by atoms with Gasteiger partial charge in [0.15, 0.2) is 0 Å². The van der Waals surface area contributed by atoms with Crippen LogP contribution in [0.15, 0.2) is 152 Å². The van der Waals surface area contributed by atoms with Gasteiger partial charge in [-0.2, -0.15) is 0 Å². The van der Waals surface area contributed by atoms with Crippen LogP contribution in [-0.2, 0) is 0 Å². The van der Waals surface area contributed by atoms with Gasteiger partial charge in [0.05, 0.1) is 0 Å². The first-order valence-corrected chi connectivity index (χ1v) is 19.5. The molecule has 4 aromatic carbocycles. The van der Waals surface area contributed by atoms with E-state index in [4.69, 9.17) is 0 Å². The maximum atomic E-state index is 4.66. The van der Waals surface area contributed by atoms with Gasteiger partial charge in [-0.3, -0.25) is 0 Å². The molecule has 0 aliphatic heterocycles. The van der Waals surface area contributed by atoms with Gasteiger partial charge in [-0.1, -0.05) is 0 Å². The number of rotatable bonds is 12. The second kappa shape index (κ2) is 14.9. The molecule has 4 rings (SSSR count). The van der Waals surface area contributed by atoms with E-state index in [0.717, 1.165) is 23.5 Å². The van der Waals surface area contributed by atoms with Crippen LogP contribution in [-0.4, -0.2) is 19.0 Å². The molecule has 0 spiro atoms. The summed E-state index contributed by atoms with van der Waals surface area (Å²) in [6, 6.07) is 35.5. The number of hydrogen-bond acceptors (Lipinski definition) is 0. The van der Waals surface area contributed by atoms with Crippen molar-refractivity contribution in [2.45, 2.75) is 41.5 Å². The van der Waals surface area contributed by atoms with Crippen molar-refractivity contribution in [3.63, 3.8) is 0 Å². The van der Waals surface area contributed by atoms with Crippen LogP contribution in [0.5, 0.6) is 0 Å². The molecule has 4 aromatic rings. The van der Waals surface area contributed by atoms with E-state index in [-0.39, 0.29) is 0 Å². The molecule has 0 aromatic heterocycles. The van der Waals surface area contributed by atoms with Gasteiger partial charge < -0.3 is 0 Å². The minimum absolute atomic E-state index is 1.03. The second-order valence-corrected chi connectivity index (χ2v) is 19.2. The average molecular weight is 623 g/mol. The monoisotopic (exact) mass is 622 g/mol. The second-order valence-electron chi connectivity index (χ2n) is 12.8. The van der Waals surface area contributed by atoms with Crippen LogP contribution in [0.4, 0.5) is 0 Å². The Balaban J connectivity index is 1.93. The number of hydrogen-bond donors (Lipinski definition) is 0. The molecule has 0 unspecified atom stereocenters. The molecule has 1 heteroatoms. The molecule has 0 fully saturated rings. The third-order valence-electron chi connectivity index (χ3n) is 9.77. The summed E-state index contributed by atoms with van der Waals surface area (Å²) in [4.78, 5) is 0. The summed E-state index contributed by atoms with van der Waals surface area (Å²) in [5.41, 5.74) is 12.0. The number of allylic oxidation sites excluding steroid dienone is 10. The number of aryl methyl sites for hydroxylation is 1. The molecule has 0 nitrogen and oxygen atoms in total. The first-order chi connectivity index (χ1) is 22.1. The summed E-state index contributed by atoms with van der Waals surface area (Å²) in [6.45, 7) is 22.4. The van der Waals surface area contributed by atoms with Gasteiger partial charge in [0.2, 0.25) is 0 Å². The maximum absolute atomic E-state index is 4.66.